The number of thioether (sulfide) groups is 1. The highest BCUT2D eigenvalue weighted by Gasteiger charge is 2.22. The molecule has 0 bridgehead atoms. The molecule has 0 radical (unpaired) electrons. The van der Waals surface area contributed by atoms with E-state index in [-0.39, 0.29) is 5.91 Å². The van der Waals surface area contributed by atoms with Gasteiger partial charge in [0.25, 0.3) is 0 Å². The first-order valence-electron chi connectivity index (χ1n) is 8.73. The van der Waals surface area contributed by atoms with Crippen LogP contribution in [0.25, 0.3) is 11.0 Å². The summed E-state index contributed by atoms with van der Waals surface area (Å²) in [6.45, 7) is 2.05. The van der Waals surface area contributed by atoms with E-state index in [4.69, 9.17) is 9.97 Å². The third-order valence-electron chi connectivity index (χ3n) is 4.74. The lowest BCUT2D eigenvalue weighted by molar-refractivity contribution is -0.119. The first-order chi connectivity index (χ1) is 11.8. The van der Waals surface area contributed by atoms with E-state index in [1.54, 1.807) is 0 Å². The third-order valence-corrected chi connectivity index (χ3v) is 5.69. The molecule has 2 heterocycles. The Kier molecular flexibility index (Phi) is 4.56. The molecule has 1 aromatic heterocycles. The molecule has 1 N–H and O–H groups in total. The summed E-state index contributed by atoms with van der Waals surface area (Å²) in [7, 11) is 0. The molecule has 0 atom stereocenters. The molecule has 6 heteroatoms. The van der Waals surface area contributed by atoms with E-state index in [0.29, 0.717) is 11.8 Å². The molecule has 1 aliphatic carbocycles. The largest absolute Gasteiger partial charge is 0.354 e. The van der Waals surface area contributed by atoms with E-state index in [0.717, 1.165) is 47.8 Å². The number of carbonyl (C=O) groups excluding carboxylic acids is 1. The standard InChI is InChI=1S/C18H22N4OS/c23-16(19-13-6-5-7-13)12-24-18-17(22-10-3-4-11-22)20-14-8-1-2-9-15(14)21-18/h1-2,8-9,13H,3-7,10-12H2,(H,19,23). The van der Waals surface area contributed by atoms with Crippen LogP contribution in [0.5, 0.6) is 0 Å². The zero-order valence-electron chi connectivity index (χ0n) is 13.7. The van der Waals surface area contributed by atoms with Gasteiger partial charge in [-0.05, 0) is 44.2 Å². The topological polar surface area (TPSA) is 58.1 Å². The zero-order chi connectivity index (χ0) is 16.4. The number of nitrogens with one attached hydrogen (secondary N) is 1. The Bertz CT molecular complexity index is 741. The van der Waals surface area contributed by atoms with Crippen molar-refractivity contribution in [2.45, 2.75) is 43.2 Å². The van der Waals surface area contributed by atoms with Gasteiger partial charge in [0.1, 0.15) is 5.03 Å². The van der Waals surface area contributed by atoms with E-state index in [1.165, 1.54) is 31.0 Å². The lowest BCUT2D eigenvalue weighted by Crippen LogP contribution is -2.40. The Labute approximate surface area is 146 Å². The van der Waals surface area contributed by atoms with Gasteiger partial charge in [-0.15, -0.1) is 0 Å². The van der Waals surface area contributed by atoms with Gasteiger partial charge in [-0.2, -0.15) is 0 Å². The van der Waals surface area contributed by atoms with Crippen LogP contribution in [0.2, 0.25) is 0 Å². The van der Waals surface area contributed by atoms with Crippen molar-refractivity contribution in [1.82, 2.24) is 15.3 Å². The molecule has 1 amide bonds. The van der Waals surface area contributed by atoms with Crippen molar-refractivity contribution in [3.8, 4) is 0 Å². The van der Waals surface area contributed by atoms with Gasteiger partial charge in [-0.3, -0.25) is 4.79 Å². The maximum atomic E-state index is 12.1. The van der Waals surface area contributed by atoms with Gasteiger partial charge in [-0.1, -0.05) is 23.9 Å². The van der Waals surface area contributed by atoms with Crippen LogP contribution in [-0.2, 0) is 4.79 Å². The van der Waals surface area contributed by atoms with Crippen molar-refractivity contribution < 1.29 is 4.79 Å². The molecule has 2 fully saturated rings. The number of carbonyl (C=O) groups is 1. The second kappa shape index (κ2) is 6.97. The van der Waals surface area contributed by atoms with Gasteiger partial charge in [-0.25, -0.2) is 9.97 Å². The lowest BCUT2D eigenvalue weighted by Gasteiger charge is -2.26. The SMILES string of the molecule is O=C(CSc1nc2ccccc2nc1N1CCCC1)NC1CCC1. The lowest BCUT2D eigenvalue weighted by atomic mass is 9.93. The molecule has 2 aliphatic rings. The number of hydrogen-bond acceptors (Lipinski definition) is 5. The fourth-order valence-electron chi connectivity index (χ4n) is 3.16. The summed E-state index contributed by atoms with van der Waals surface area (Å²) in [5.74, 6) is 1.45. The number of nitrogens with zero attached hydrogens (tertiary/aromatic N) is 3. The first-order valence-corrected chi connectivity index (χ1v) is 9.72. The van der Waals surface area contributed by atoms with Crippen LogP contribution in [0.1, 0.15) is 32.1 Å². The van der Waals surface area contributed by atoms with Crippen LogP contribution in [0.4, 0.5) is 5.82 Å². The van der Waals surface area contributed by atoms with Gasteiger partial charge in [0, 0.05) is 19.1 Å². The van der Waals surface area contributed by atoms with Gasteiger partial charge < -0.3 is 10.2 Å². The number of rotatable bonds is 5. The molecule has 1 aliphatic heterocycles. The number of anilines is 1. The fraction of sp³-hybridized carbons (Fsp3) is 0.500. The molecule has 126 valence electrons. The van der Waals surface area contributed by atoms with Gasteiger partial charge in [0.05, 0.1) is 16.8 Å². The predicted molar refractivity (Wildman–Crippen MR) is 97.5 cm³/mol. The molecule has 0 spiro atoms. The summed E-state index contributed by atoms with van der Waals surface area (Å²) in [6.07, 6.45) is 5.85. The summed E-state index contributed by atoms with van der Waals surface area (Å²) < 4.78 is 0. The third kappa shape index (κ3) is 3.34. The van der Waals surface area contributed by atoms with Crippen molar-refractivity contribution in [1.29, 1.82) is 0 Å². The Hall–Kier alpha value is -1.82. The van der Waals surface area contributed by atoms with Gasteiger partial charge in [0.15, 0.2) is 5.82 Å². The monoisotopic (exact) mass is 342 g/mol. The smallest absolute Gasteiger partial charge is 0.230 e. The Balaban J connectivity index is 1.54. The van der Waals surface area contributed by atoms with Crippen LogP contribution < -0.4 is 10.2 Å². The van der Waals surface area contributed by atoms with Crippen LogP contribution in [0.3, 0.4) is 0 Å². The summed E-state index contributed by atoms with van der Waals surface area (Å²) in [5, 5.41) is 3.97. The average molecular weight is 342 g/mol. The second-order valence-corrected chi connectivity index (χ2v) is 7.48. The molecule has 24 heavy (non-hydrogen) atoms. The Morgan fingerprint density at radius 2 is 1.83 bits per heavy atom. The van der Waals surface area contributed by atoms with E-state index in [1.807, 2.05) is 24.3 Å². The van der Waals surface area contributed by atoms with Crippen molar-refractivity contribution in [3.05, 3.63) is 24.3 Å². The highest BCUT2D eigenvalue weighted by molar-refractivity contribution is 8.00. The number of amides is 1. The highest BCUT2D eigenvalue weighted by atomic mass is 32.2. The van der Waals surface area contributed by atoms with Crippen LogP contribution in [0.15, 0.2) is 29.3 Å². The fourth-order valence-corrected chi connectivity index (χ4v) is 3.98. The van der Waals surface area contributed by atoms with E-state index < -0.39 is 0 Å². The quantitative estimate of drug-likeness (QED) is 0.847. The second-order valence-electron chi connectivity index (χ2n) is 6.52. The summed E-state index contributed by atoms with van der Waals surface area (Å²) in [5.41, 5.74) is 1.81. The molecule has 1 aromatic carbocycles. The van der Waals surface area contributed by atoms with Crippen molar-refractivity contribution in [2.24, 2.45) is 0 Å². The van der Waals surface area contributed by atoms with E-state index in [9.17, 15) is 4.79 Å². The summed E-state index contributed by atoms with van der Waals surface area (Å²) in [4.78, 5) is 24.0. The number of benzene rings is 1. The van der Waals surface area contributed by atoms with Crippen LogP contribution in [-0.4, -0.2) is 40.8 Å². The Morgan fingerprint density at radius 1 is 1.12 bits per heavy atom. The van der Waals surface area contributed by atoms with Crippen molar-refractivity contribution >= 4 is 34.5 Å². The molecule has 1 saturated heterocycles. The molecular weight excluding hydrogens is 320 g/mol. The summed E-state index contributed by atoms with van der Waals surface area (Å²) in [6, 6.07) is 8.33. The van der Waals surface area contributed by atoms with Gasteiger partial charge >= 0.3 is 0 Å². The maximum absolute atomic E-state index is 12.1. The highest BCUT2D eigenvalue weighted by Crippen LogP contribution is 2.31. The molecule has 5 nitrogen and oxygen atoms in total. The van der Waals surface area contributed by atoms with Gasteiger partial charge in [0.2, 0.25) is 5.91 Å². The first kappa shape index (κ1) is 15.7. The molecular formula is C18H22N4OS. The van der Waals surface area contributed by atoms with E-state index >= 15 is 0 Å². The molecule has 2 aromatic rings. The normalized spacial score (nSPS) is 17.9. The molecule has 4 rings (SSSR count). The minimum Gasteiger partial charge on any atom is -0.354 e. The van der Waals surface area contributed by atoms with Crippen molar-refractivity contribution in [3.63, 3.8) is 0 Å². The minimum atomic E-state index is 0.104. The number of hydrogen-bond donors (Lipinski definition) is 1. The average Bonchev–Trinajstić information content (AvgIpc) is 3.10. The number of aromatic nitrogens is 2. The van der Waals surface area contributed by atoms with Crippen LogP contribution in [0, 0.1) is 0 Å². The minimum absolute atomic E-state index is 0.104. The number of para-hydroxylation sites is 2. The number of fused-ring (bicyclic) bond motifs is 1. The predicted octanol–water partition coefficient (Wildman–Crippen LogP) is 2.99. The van der Waals surface area contributed by atoms with Crippen LogP contribution >= 0.6 is 11.8 Å². The summed E-state index contributed by atoms with van der Waals surface area (Å²) >= 11 is 1.51. The molecule has 1 saturated carbocycles. The maximum Gasteiger partial charge on any atom is 0.230 e. The molecule has 0 unspecified atom stereocenters. The zero-order valence-corrected chi connectivity index (χ0v) is 14.5. The van der Waals surface area contributed by atoms with E-state index in [2.05, 4.69) is 10.2 Å². The Morgan fingerprint density at radius 3 is 2.50 bits per heavy atom. The van der Waals surface area contributed by atoms with Crippen molar-refractivity contribution in [2.75, 3.05) is 23.7 Å².